The Kier molecular flexibility index (Phi) is 3.56. The number of pyridine rings is 1. The van der Waals surface area contributed by atoms with Gasteiger partial charge in [-0.05, 0) is 24.3 Å². The van der Waals surface area contributed by atoms with Crippen LogP contribution in [0.4, 0.5) is 24.8 Å². The lowest BCUT2D eigenvalue weighted by molar-refractivity contribution is -0.140. The molecule has 8 nitrogen and oxygen atoms in total. The van der Waals surface area contributed by atoms with Crippen LogP contribution in [0.2, 0.25) is 0 Å². The maximum Gasteiger partial charge on any atom is 0.406 e. The molecule has 1 aromatic carbocycles. The zero-order valence-corrected chi connectivity index (χ0v) is 12.9. The fraction of sp³-hybridized carbons (Fsp3) is 0.133. The van der Waals surface area contributed by atoms with Crippen LogP contribution in [-0.4, -0.2) is 36.1 Å². The van der Waals surface area contributed by atoms with Gasteiger partial charge in [0.1, 0.15) is 23.2 Å². The van der Waals surface area contributed by atoms with Gasteiger partial charge in [0.15, 0.2) is 0 Å². The lowest BCUT2D eigenvalue weighted by atomic mass is 10.3. The van der Waals surface area contributed by atoms with Crippen molar-refractivity contribution in [1.29, 1.82) is 0 Å². The topological polar surface area (TPSA) is 101 Å². The van der Waals surface area contributed by atoms with Crippen molar-refractivity contribution in [1.82, 2.24) is 29.9 Å². The van der Waals surface area contributed by atoms with Gasteiger partial charge in [0, 0.05) is 23.3 Å². The maximum absolute atomic E-state index is 12.8. The Hall–Kier alpha value is -3.50. The third-order valence-electron chi connectivity index (χ3n) is 3.63. The van der Waals surface area contributed by atoms with Crippen LogP contribution >= 0.6 is 0 Å². The van der Waals surface area contributed by atoms with Crippen molar-refractivity contribution in [2.45, 2.75) is 12.7 Å². The molecular weight excluding hydrogens is 351 g/mol. The first-order chi connectivity index (χ1) is 12.4. The molecule has 3 heterocycles. The molecular formula is C15H10F3N7O. The van der Waals surface area contributed by atoms with Gasteiger partial charge in [0.25, 0.3) is 5.56 Å². The van der Waals surface area contributed by atoms with Gasteiger partial charge >= 0.3 is 6.18 Å². The highest BCUT2D eigenvalue weighted by molar-refractivity contribution is 5.80. The Morgan fingerprint density at radius 2 is 1.92 bits per heavy atom. The second kappa shape index (κ2) is 5.79. The fourth-order valence-corrected chi connectivity index (χ4v) is 2.51. The van der Waals surface area contributed by atoms with Crippen molar-refractivity contribution in [2.75, 3.05) is 5.32 Å². The van der Waals surface area contributed by atoms with Crippen LogP contribution in [0.25, 0.3) is 22.1 Å². The minimum absolute atomic E-state index is 0.0573. The van der Waals surface area contributed by atoms with Crippen molar-refractivity contribution in [3.05, 3.63) is 46.9 Å². The Morgan fingerprint density at radius 1 is 1.12 bits per heavy atom. The third-order valence-corrected chi connectivity index (χ3v) is 3.63. The van der Waals surface area contributed by atoms with Crippen molar-refractivity contribution < 1.29 is 13.2 Å². The van der Waals surface area contributed by atoms with Crippen LogP contribution in [0.5, 0.6) is 0 Å². The van der Waals surface area contributed by atoms with Crippen LogP contribution in [0.3, 0.4) is 0 Å². The van der Waals surface area contributed by atoms with E-state index in [0.717, 1.165) is 6.07 Å². The largest absolute Gasteiger partial charge is 0.406 e. The first-order valence-electron chi connectivity index (χ1n) is 7.40. The van der Waals surface area contributed by atoms with Gasteiger partial charge in [-0.2, -0.15) is 33.6 Å². The van der Waals surface area contributed by atoms with Crippen molar-refractivity contribution >= 4 is 33.7 Å². The number of H-pyrrole nitrogens is 1. The van der Waals surface area contributed by atoms with E-state index in [1.54, 1.807) is 18.2 Å². The Balaban J connectivity index is 1.76. The summed E-state index contributed by atoms with van der Waals surface area (Å²) in [4.78, 5) is 20.0. The molecule has 0 bridgehead atoms. The first kappa shape index (κ1) is 16.0. The highest BCUT2D eigenvalue weighted by atomic mass is 19.4. The molecule has 0 unspecified atom stereocenters. The van der Waals surface area contributed by atoms with Crippen molar-refractivity contribution in [3.63, 3.8) is 0 Å². The number of fused-ring (bicyclic) bond motifs is 2. The summed E-state index contributed by atoms with van der Waals surface area (Å²) in [6, 6.07) is 7.53. The lowest BCUT2D eigenvalue weighted by Crippen LogP contribution is -2.28. The Morgan fingerprint density at radius 3 is 2.73 bits per heavy atom. The number of halogens is 3. The summed E-state index contributed by atoms with van der Waals surface area (Å²) >= 11 is 0. The third kappa shape index (κ3) is 3.06. The number of nitrogens with one attached hydrogen (secondary N) is 2. The van der Waals surface area contributed by atoms with Crippen LogP contribution in [-0.2, 0) is 6.54 Å². The smallest absolute Gasteiger partial charge is 0.324 e. The van der Waals surface area contributed by atoms with Gasteiger partial charge in [0.05, 0.1) is 0 Å². The molecule has 132 valence electrons. The quantitative estimate of drug-likeness (QED) is 0.581. The summed E-state index contributed by atoms with van der Waals surface area (Å²) in [5.74, 6) is 0.0573. The molecule has 4 aromatic rings. The maximum atomic E-state index is 12.8. The zero-order valence-electron chi connectivity index (χ0n) is 12.9. The SMILES string of the molecule is O=c1ccc2cnc(Nc3ccc4n[nH]nc4c3)nc2n1CC(F)(F)F. The average Bonchev–Trinajstić information content (AvgIpc) is 3.04. The molecule has 11 heteroatoms. The standard InChI is InChI=1S/C15H10F3N7O/c16-15(17,18)7-25-12(26)4-1-8-6-19-14(21-13(8)25)20-9-2-3-10-11(5-9)23-24-22-10/h1-6H,7H2,(H,19,20,21)(H,22,23,24). The van der Waals surface area contributed by atoms with Gasteiger partial charge in [-0.1, -0.05) is 0 Å². The summed E-state index contributed by atoms with van der Waals surface area (Å²) < 4.78 is 38.9. The predicted octanol–water partition coefficient (Wildman–Crippen LogP) is 2.37. The molecule has 4 rings (SSSR count). The van der Waals surface area contributed by atoms with E-state index in [4.69, 9.17) is 0 Å². The van der Waals surface area contributed by atoms with E-state index in [1.807, 2.05) is 0 Å². The highest BCUT2D eigenvalue weighted by Gasteiger charge is 2.29. The van der Waals surface area contributed by atoms with E-state index < -0.39 is 18.3 Å². The van der Waals surface area contributed by atoms with Gasteiger partial charge in [-0.3, -0.25) is 9.36 Å². The molecule has 0 atom stereocenters. The summed E-state index contributed by atoms with van der Waals surface area (Å²) in [5, 5.41) is 13.6. The van der Waals surface area contributed by atoms with Crippen molar-refractivity contribution in [3.8, 4) is 0 Å². The second-order valence-electron chi connectivity index (χ2n) is 5.50. The number of rotatable bonds is 3. The average molecular weight is 361 g/mol. The van der Waals surface area contributed by atoms with E-state index in [2.05, 4.69) is 30.7 Å². The molecule has 3 aromatic heterocycles. The molecule has 0 radical (unpaired) electrons. The number of nitrogens with zero attached hydrogens (tertiary/aromatic N) is 5. The molecule has 0 spiro atoms. The first-order valence-corrected chi connectivity index (χ1v) is 7.40. The monoisotopic (exact) mass is 361 g/mol. The van der Waals surface area contributed by atoms with E-state index in [0.29, 0.717) is 26.7 Å². The summed E-state index contributed by atoms with van der Waals surface area (Å²) in [5.41, 5.74) is 0.948. The van der Waals surface area contributed by atoms with Crippen LogP contribution in [0.15, 0.2) is 41.3 Å². The Labute approximate surface area is 142 Å². The number of alkyl halides is 3. The highest BCUT2D eigenvalue weighted by Crippen LogP contribution is 2.21. The molecule has 0 aliphatic rings. The molecule has 0 aliphatic heterocycles. The normalized spacial score (nSPS) is 12.0. The lowest BCUT2D eigenvalue weighted by Gasteiger charge is -2.12. The molecule has 0 aliphatic carbocycles. The van der Waals surface area contributed by atoms with E-state index in [1.165, 1.54) is 12.3 Å². The molecule has 0 saturated carbocycles. The number of hydrogen-bond donors (Lipinski definition) is 2. The van der Waals surface area contributed by atoms with E-state index in [-0.39, 0.29) is 11.6 Å². The van der Waals surface area contributed by atoms with Gasteiger partial charge in [-0.15, -0.1) is 0 Å². The molecule has 2 N–H and O–H groups in total. The summed E-state index contributed by atoms with van der Waals surface area (Å²) in [6.45, 7) is -1.43. The minimum Gasteiger partial charge on any atom is -0.324 e. The van der Waals surface area contributed by atoms with Crippen LogP contribution in [0.1, 0.15) is 0 Å². The van der Waals surface area contributed by atoms with Crippen molar-refractivity contribution in [2.24, 2.45) is 0 Å². The minimum atomic E-state index is -4.55. The van der Waals surface area contributed by atoms with Crippen LogP contribution < -0.4 is 10.9 Å². The number of aromatic amines is 1. The zero-order chi connectivity index (χ0) is 18.3. The molecule has 0 fully saturated rings. The molecule has 0 amide bonds. The summed E-state index contributed by atoms with van der Waals surface area (Å²) in [6.07, 6.45) is -3.19. The molecule has 0 saturated heterocycles. The van der Waals surface area contributed by atoms with Crippen LogP contribution in [0, 0.1) is 0 Å². The van der Waals surface area contributed by atoms with Gasteiger partial charge in [-0.25, -0.2) is 4.98 Å². The van der Waals surface area contributed by atoms with Gasteiger partial charge in [0.2, 0.25) is 5.95 Å². The van der Waals surface area contributed by atoms with Gasteiger partial charge < -0.3 is 5.32 Å². The number of benzene rings is 1. The number of aromatic nitrogens is 6. The Bertz CT molecular complexity index is 1170. The van der Waals surface area contributed by atoms with E-state index >= 15 is 0 Å². The number of hydrogen-bond acceptors (Lipinski definition) is 6. The number of anilines is 2. The predicted molar refractivity (Wildman–Crippen MR) is 87.0 cm³/mol. The summed E-state index contributed by atoms with van der Waals surface area (Å²) in [7, 11) is 0. The molecule has 26 heavy (non-hydrogen) atoms. The van der Waals surface area contributed by atoms with E-state index in [9.17, 15) is 18.0 Å². The second-order valence-corrected chi connectivity index (χ2v) is 5.50. The fourth-order valence-electron chi connectivity index (χ4n) is 2.51.